The van der Waals surface area contributed by atoms with Crippen LogP contribution in [0.15, 0.2) is 24.3 Å². The molecule has 130 valence electrons. The van der Waals surface area contributed by atoms with Gasteiger partial charge in [0.15, 0.2) is 0 Å². The van der Waals surface area contributed by atoms with Crippen LogP contribution < -0.4 is 0 Å². The molecule has 0 aromatic rings. The first-order chi connectivity index (χ1) is 10.9. The number of likely N-dealkylation sites (tertiary alicyclic amines) is 2. The maximum atomic E-state index is 11.5. The van der Waals surface area contributed by atoms with Gasteiger partial charge in [0.1, 0.15) is 0 Å². The van der Waals surface area contributed by atoms with Crippen molar-refractivity contribution in [3.8, 4) is 0 Å². The lowest BCUT2D eigenvalue weighted by Crippen LogP contribution is -2.35. The van der Waals surface area contributed by atoms with Crippen molar-refractivity contribution in [3.63, 3.8) is 0 Å². The van der Waals surface area contributed by atoms with E-state index in [4.69, 9.17) is 0 Å². The van der Waals surface area contributed by atoms with E-state index in [9.17, 15) is 9.59 Å². The summed E-state index contributed by atoms with van der Waals surface area (Å²) < 4.78 is 0. The molecule has 2 fully saturated rings. The van der Waals surface area contributed by atoms with E-state index in [2.05, 4.69) is 13.2 Å². The number of piperidine rings is 2. The summed E-state index contributed by atoms with van der Waals surface area (Å²) in [5, 5.41) is 0. The molecule has 0 saturated carbocycles. The Morgan fingerprint density at radius 1 is 0.783 bits per heavy atom. The third kappa shape index (κ3) is 7.49. The van der Waals surface area contributed by atoms with E-state index in [1.54, 1.807) is 6.92 Å². The summed E-state index contributed by atoms with van der Waals surface area (Å²) in [6.45, 7) is 14.8. The van der Waals surface area contributed by atoms with Crippen molar-refractivity contribution < 1.29 is 9.59 Å². The van der Waals surface area contributed by atoms with Gasteiger partial charge in [0, 0.05) is 38.2 Å². The predicted molar refractivity (Wildman–Crippen MR) is 95.1 cm³/mol. The molecule has 2 rings (SSSR count). The van der Waals surface area contributed by atoms with Gasteiger partial charge in [-0.3, -0.25) is 9.59 Å². The molecule has 0 bridgehead atoms. The molecule has 2 heterocycles. The van der Waals surface area contributed by atoms with E-state index in [0.29, 0.717) is 12.0 Å². The summed E-state index contributed by atoms with van der Waals surface area (Å²) in [6, 6.07) is 0. The third-order valence-corrected chi connectivity index (χ3v) is 4.17. The Hall–Kier alpha value is -1.58. The van der Waals surface area contributed by atoms with Crippen LogP contribution in [0.5, 0.6) is 0 Å². The number of hydrogen-bond donors (Lipinski definition) is 0. The second kappa shape index (κ2) is 10.2. The van der Waals surface area contributed by atoms with Crippen LogP contribution in [0.2, 0.25) is 0 Å². The van der Waals surface area contributed by atoms with Crippen molar-refractivity contribution in [2.24, 2.45) is 0 Å². The van der Waals surface area contributed by atoms with Gasteiger partial charge in [-0.25, -0.2) is 0 Å². The highest BCUT2D eigenvalue weighted by molar-refractivity contribution is 5.92. The Morgan fingerprint density at radius 2 is 1.22 bits per heavy atom. The van der Waals surface area contributed by atoms with Crippen LogP contribution in [-0.2, 0) is 9.59 Å². The average molecular weight is 320 g/mol. The van der Waals surface area contributed by atoms with Gasteiger partial charge in [-0.05, 0) is 52.4 Å². The Balaban J connectivity index is 0.000000231. The van der Waals surface area contributed by atoms with E-state index < -0.39 is 0 Å². The quantitative estimate of drug-likeness (QED) is 0.589. The van der Waals surface area contributed by atoms with Crippen LogP contribution >= 0.6 is 0 Å². The van der Waals surface area contributed by atoms with E-state index >= 15 is 0 Å². The maximum absolute atomic E-state index is 11.5. The van der Waals surface area contributed by atoms with Crippen molar-refractivity contribution in [1.82, 2.24) is 9.80 Å². The lowest BCUT2D eigenvalue weighted by molar-refractivity contribution is -0.131. The first kappa shape index (κ1) is 19.5. The number of hydrogen-bond acceptors (Lipinski definition) is 2. The summed E-state index contributed by atoms with van der Waals surface area (Å²) in [5.41, 5.74) is 1.62. The third-order valence-electron chi connectivity index (χ3n) is 4.17. The summed E-state index contributed by atoms with van der Waals surface area (Å²) in [5.74, 6) is 0.381. The fourth-order valence-electron chi connectivity index (χ4n) is 2.88. The number of carbonyl (C=O) groups is 2. The highest BCUT2D eigenvalue weighted by atomic mass is 16.2. The molecule has 2 aliphatic heterocycles. The Labute approximate surface area is 141 Å². The van der Waals surface area contributed by atoms with Crippen molar-refractivity contribution in [2.75, 3.05) is 26.2 Å². The van der Waals surface area contributed by atoms with Crippen molar-refractivity contribution in [3.05, 3.63) is 24.3 Å². The number of amides is 2. The smallest absolute Gasteiger partial charge is 0.248 e. The minimum absolute atomic E-state index is 0.129. The molecule has 23 heavy (non-hydrogen) atoms. The van der Waals surface area contributed by atoms with Gasteiger partial charge in [0.25, 0.3) is 0 Å². The molecule has 2 aliphatic rings. The number of rotatable bonds is 3. The molecule has 0 atom stereocenters. The van der Waals surface area contributed by atoms with Gasteiger partial charge >= 0.3 is 0 Å². The Kier molecular flexibility index (Phi) is 8.67. The lowest BCUT2D eigenvalue weighted by atomic mass is 10.1. The van der Waals surface area contributed by atoms with Gasteiger partial charge in [0.05, 0.1) is 0 Å². The Bertz CT molecular complexity index is 431. The Morgan fingerprint density at radius 3 is 1.61 bits per heavy atom. The second-order valence-electron chi connectivity index (χ2n) is 6.71. The summed E-state index contributed by atoms with van der Waals surface area (Å²) in [4.78, 5) is 26.6. The van der Waals surface area contributed by atoms with E-state index in [1.807, 2.05) is 16.7 Å². The molecule has 4 heteroatoms. The molecule has 2 saturated heterocycles. The minimum Gasteiger partial charge on any atom is -0.342 e. The topological polar surface area (TPSA) is 40.6 Å². The van der Waals surface area contributed by atoms with E-state index in [1.165, 1.54) is 25.7 Å². The zero-order valence-corrected chi connectivity index (χ0v) is 14.9. The zero-order valence-electron chi connectivity index (χ0n) is 14.9. The zero-order chi connectivity index (χ0) is 17.2. The normalized spacial score (nSPS) is 17.8. The highest BCUT2D eigenvalue weighted by Crippen LogP contribution is 2.12. The molecular weight excluding hydrogens is 288 g/mol. The monoisotopic (exact) mass is 320 g/mol. The fraction of sp³-hybridized carbons (Fsp3) is 0.684. The molecule has 0 radical (unpaired) electrons. The molecule has 0 aliphatic carbocycles. The molecule has 0 N–H and O–H groups in total. The molecule has 0 unspecified atom stereocenters. The van der Waals surface area contributed by atoms with Crippen LogP contribution in [0.1, 0.15) is 58.8 Å². The molecular formula is C19H32N2O2. The maximum Gasteiger partial charge on any atom is 0.248 e. The van der Waals surface area contributed by atoms with Crippen molar-refractivity contribution in [1.29, 1.82) is 0 Å². The average Bonchev–Trinajstić information content (AvgIpc) is 2.55. The van der Waals surface area contributed by atoms with Crippen molar-refractivity contribution in [2.45, 2.75) is 58.8 Å². The molecule has 0 aromatic carbocycles. The SMILES string of the molecule is C=C(C)C(=O)N1CCCCC1.C=C(C)CC(=O)N1CCCCC1. The minimum atomic E-state index is 0.129. The first-order valence-corrected chi connectivity index (χ1v) is 8.78. The first-order valence-electron chi connectivity index (χ1n) is 8.78. The fourth-order valence-corrected chi connectivity index (χ4v) is 2.88. The van der Waals surface area contributed by atoms with Gasteiger partial charge in [-0.15, -0.1) is 0 Å². The van der Waals surface area contributed by atoms with Crippen LogP contribution in [-0.4, -0.2) is 47.8 Å². The van der Waals surface area contributed by atoms with E-state index in [0.717, 1.165) is 44.6 Å². The molecule has 0 spiro atoms. The van der Waals surface area contributed by atoms with Gasteiger partial charge in [0.2, 0.25) is 11.8 Å². The highest BCUT2D eigenvalue weighted by Gasteiger charge is 2.16. The largest absolute Gasteiger partial charge is 0.342 e. The molecule has 0 aromatic heterocycles. The molecule has 2 amide bonds. The van der Waals surface area contributed by atoms with Crippen LogP contribution in [0.3, 0.4) is 0 Å². The second-order valence-corrected chi connectivity index (χ2v) is 6.71. The van der Waals surface area contributed by atoms with Crippen LogP contribution in [0, 0.1) is 0 Å². The van der Waals surface area contributed by atoms with Gasteiger partial charge < -0.3 is 9.80 Å². The van der Waals surface area contributed by atoms with E-state index in [-0.39, 0.29) is 11.8 Å². The van der Waals surface area contributed by atoms with Crippen molar-refractivity contribution >= 4 is 11.8 Å². The number of nitrogens with zero attached hydrogens (tertiary/aromatic N) is 2. The van der Waals surface area contributed by atoms with Gasteiger partial charge in [-0.1, -0.05) is 18.7 Å². The number of carbonyl (C=O) groups excluding carboxylic acids is 2. The van der Waals surface area contributed by atoms with Crippen LogP contribution in [0.25, 0.3) is 0 Å². The lowest BCUT2D eigenvalue weighted by Gasteiger charge is -2.26. The summed E-state index contributed by atoms with van der Waals surface area (Å²) >= 11 is 0. The predicted octanol–water partition coefficient (Wildman–Crippen LogP) is 3.54. The summed E-state index contributed by atoms with van der Waals surface area (Å²) in [6.07, 6.45) is 7.71. The standard InChI is InChI=1S/C10H17NO.C9H15NO/c1-9(2)8-10(12)11-6-4-3-5-7-11;1-8(2)9(11)10-6-4-3-5-7-10/h1,3-8H2,2H3;1,3-7H2,2H3. The van der Waals surface area contributed by atoms with Crippen LogP contribution in [0.4, 0.5) is 0 Å². The summed E-state index contributed by atoms with van der Waals surface area (Å²) in [7, 11) is 0. The molecule has 4 nitrogen and oxygen atoms in total. The van der Waals surface area contributed by atoms with Gasteiger partial charge in [-0.2, -0.15) is 0 Å².